The zero-order chi connectivity index (χ0) is 12.8. The first-order valence-electron chi connectivity index (χ1n) is 6.28. The molecule has 0 bridgehead atoms. The Labute approximate surface area is 117 Å². The minimum absolute atomic E-state index is 0.381. The molecule has 1 nitrogen and oxygen atoms in total. The van der Waals surface area contributed by atoms with Crippen LogP contribution in [0.1, 0.15) is 24.1 Å². The lowest BCUT2D eigenvalue weighted by atomic mass is 10.1. The SMILES string of the molecule is CC(NCCc1ccccc1)c1cccc(Br)c1. The Balaban J connectivity index is 1.83. The number of benzene rings is 2. The molecule has 0 aliphatic carbocycles. The summed E-state index contributed by atoms with van der Waals surface area (Å²) in [5, 5.41) is 3.55. The van der Waals surface area contributed by atoms with Crippen molar-refractivity contribution in [2.24, 2.45) is 0 Å². The lowest BCUT2D eigenvalue weighted by molar-refractivity contribution is 0.576. The van der Waals surface area contributed by atoms with Gasteiger partial charge in [-0.05, 0) is 43.1 Å². The van der Waals surface area contributed by atoms with E-state index in [-0.39, 0.29) is 0 Å². The molecule has 2 heteroatoms. The molecular formula is C16H18BrN. The van der Waals surface area contributed by atoms with Gasteiger partial charge in [-0.2, -0.15) is 0 Å². The van der Waals surface area contributed by atoms with Crippen LogP contribution in [0.2, 0.25) is 0 Å². The van der Waals surface area contributed by atoms with E-state index in [0.717, 1.165) is 17.4 Å². The lowest BCUT2D eigenvalue weighted by Gasteiger charge is -2.14. The maximum Gasteiger partial charge on any atom is 0.0292 e. The minimum atomic E-state index is 0.381. The maximum absolute atomic E-state index is 3.55. The Bertz CT molecular complexity index is 481. The van der Waals surface area contributed by atoms with E-state index in [2.05, 4.69) is 82.8 Å². The Morgan fingerprint density at radius 3 is 2.56 bits per heavy atom. The highest BCUT2D eigenvalue weighted by Gasteiger charge is 2.04. The van der Waals surface area contributed by atoms with Crippen molar-refractivity contribution in [3.05, 3.63) is 70.2 Å². The third-order valence-corrected chi connectivity index (χ3v) is 3.55. The number of hydrogen-bond acceptors (Lipinski definition) is 1. The predicted octanol–water partition coefficient (Wildman–Crippen LogP) is 4.34. The summed E-state index contributed by atoms with van der Waals surface area (Å²) in [4.78, 5) is 0. The second kappa shape index (κ2) is 6.72. The van der Waals surface area contributed by atoms with Gasteiger partial charge in [0.2, 0.25) is 0 Å². The summed E-state index contributed by atoms with van der Waals surface area (Å²) < 4.78 is 1.14. The number of nitrogens with one attached hydrogen (secondary N) is 1. The fourth-order valence-electron chi connectivity index (χ4n) is 1.97. The summed E-state index contributed by atoms with van der Waals surface area (Å²) in [5.41, 5.74) is 2.70. The molecule has 2 aromatic rings. The van der Waals surface area contributed by atoms with Gasteiger partial charge in [0.15, 0.2) is 0 Å². The predicted molar refractivity (Wildman–Crippen MR) is 80.7 cm³/mol. The summed E-state index contributed by atoms with van der Waals surface area (Å²) in [6.45, 7) is 3.20. The fourth-order valence-corrected chi connectivity index (χ4v) is 2.39. The zero-order valence-electron chi connectivity index (χ0n) is 10.6. The molecule has 0 amide bonds. The van der Waals surface area contributed by atoms with E-state index in [0.29, 0.717) is 6.04 Å². The highest BCUT2D eigenvalue weighted by molar-refractivity contribution is 9.10. The van der Waals surface area contributed by atoms with Crippen molar-refractivity contribution >= 4 is 15.9 Å². The van der Waals surface area contributed by atoms with Gasteiger partial charge in [0.1, 0.15) is 0 Å². The third kappa shape index (κ3) is 3.97. The average molecular weight is 304 g/mol. The van der Waals surface area contributed by atoms with Crippen molar-refractivity contribution < 1.29 is 0 Å². The number of hydrogen-bond donors (Lipinski definition) is 1. The molecule has 2 aromatic carbocycles. The van der Waals surface area contributed by atoms with Gasteiger partial charge < -0.3 is 5.32 Å². The van der Waals surface area contributed by atoms with Gasteiger partial charge in [0.25, 0.3) is 0 Å². The first-order chi connectivity index (χ1) is 8.75. The van der Waals surface area contributed by atoms with Crippen LogP contribution >= 0.6 is 15.9 Å². The van der Waals surface area contributed by atoms with Crippen LogP contribution in [0.25, 0.3) is 0 Å². The summed E-state index contributed by atoms with van der Waals surface area (Å²) in [7, 11) is 0. The van der Waals surface area contributed by atoms with Crippen molar-refractivity contribution in [2.75, 3.05) is 6.54 Å². The molecular weight excluding hydrogens is 286 g/mol. The minimum Gasteiger partial charge on any atom is -0.310 e. The monoisotopic (exact) mass is 303 g/mol. The van der Waals surface area contributed by atoms with Gasteiger partial charge in [-0.15, -0.1) is 0 Å². The first-order valence-corrected chi connectivity index (χ1v) is 7.08. The van der Waals surface area contributed by atoms with E-state index in [9.17, 15) is 0 Å². The van der Waals surface area contributed by atoms with E-state index in [1.165, 1.54) is 11.1 Å². The molecule has 0 heterocycles. The summed E-state index contributed by atoms with van der Waals surface area (Å²) >= 11 is 3.51. The highest BCUT2D eigenvalue weighted by Crippen LogP contribution is 2.17. The van der Waals surface area contributed by atoms with E-state index < -0.39 is 0 Å². The quantitative estimate of drug-likeness (QED) is 0.866. The van der Waals surface area contributed by atoms with Gasteiger partial charge in [-0.1, -0.05) is 58.4 Å². The Hall–Kier alpha value is -1.12. The molecule has 1 N–H and O–H groups in total. The number of rotatable bonds is 5. The standard InChI is InChI=1S/C16H18BrN/c1-13(15-8-5-9-16(17)12-15)18-11-10-14-6-3-2-4-7-14/h2-9,12-13,18H,10-11H2,1H3. The zero-order valence-corrected chi connectivity index (χ0v) is 12.2. The molecule has 0 radical (unpaired) electrons. The van der Waals surface area contributed by atoms with Crippen molar-refractivity contribution in [3.63, 3.8) is 0 Å². The number of halogens is 1. The molecule has 0 spiro atoms. The van der Waals surface area contributed by atoms with Crippen LogP contribution in [-0.2, 0) is 6.42 Å². The van der Waals surface area contributed by atoms with Crippen molar-refractivity contribution in [1.29, 1.82) is 0 Å². The molecule has 0 aromatic heterocycles. The molecule has 18 heavy (non-hydrogen) atoms. The molecule has 0 saturated heterocycles. The van der Waals surface area contributed by atoms with Crippen LogP contribution in [0.3, 0.4) is 0 Å². The topological polar surface area (TPSA) is 12.0 Å². The largest absolute Gasteiger partial charge is 0.310 e. The Morgan fingerprint density at radius 2 is 1.83 bits per heavy atom. The fraction of sp³-hybridized carbons (Fsp3) is 0.250. The second-order valence-electron chi connectivity index (χ2n) is 4.47. The van der Waals surface area contributed by atoms with Crippen LogP contribution in [-0.4, -0.2) is 6.54 Å². The summed E-state index contributed by atoms with van der Waals surface area (Å²) in [6.07, 6.45) is 1.07. The van der Waals surface area contributed by atoms with Crippen LogP contribution in [0.15, 0.2) is 59.1 Å². The molecule has 1 unspecified atom stereocenters. The van der Waals surface area contributed by atoms with Crippen LogP contribution < -0.4 is 5.32 Å². The van der Waals surface area contributed by atoms with Crippen molar-refractivity contribution in [1.82, 2.24) is 5.32 Å². The van der Waals surface area contributed by atoms with E-state index in [4.69, 9.17) is 0 Å². The van der Waals surface area contributed by atoms with Crippen LogP contribution in [0.4, 0.5) is 0 Å². The molecule has 2 rings (SSSR count). The maximum atomic E-state index is 3.55. The van der Waals surface area contributed by atoms with Crippen LogP contribution in [0, 0.1) is 0 Å². The van der Waals surface area contributed by atoms with Gasteiger partial charge in [0, 0.05) is 10.5 Å². The molecule has 0 saturated carbocycles. The van der Waals surface area contributed by atoms with Gasteiger partial charge in [-0.25, -0.2) is 0 Å². The molecule has 0 aliphatic heterocycles. The average Bonchev–Trinajstić information content (AvgIpc) is 2.40. The normalized spacial score (nSPS) is 12.3. The van der Waals surface area contributed by atoms with Crippen LogP contribution in [0.5, 0.6) is 0 Å². The van der Waals surface area contributed by atoms with Gasteiger partial charge >= 0.3 is 0 Å². The smallest absolute Gasteiger partial charge is 0.0292 e. The Morgan fingerprint density at radius 1 is 1.06 bits per heavy atom. The van der Waals surface area contributed by atoms with E-state index >= 15 is 0 Å². The van der Waals surface area contributed by atoms with E-state index in [1.807, 2.05) is 0 Å². The highest BCUT2D eigenvalue weighted by atomic mass is 79.9. The van der Waals surface area contributed by atoms with Crippen molar-refractivity contribution in [3.8, 4) is 0 Å². The van der Waals surface area contributed by atoms with E-state index in [1.54, 1.807) is 0 Å². The Kier molecular flexibility index (Phi) is 4.97. The molecule has 1 atom stereocenters. The van der Waals surface area contributed by atoms with Gasteiger partial charge in [-0.3, -0.25) is 0 Å². The molecule has 94 valence electrons. The van der Waals surface area contributed by atoms with Gasteiger partial charge in [0.05, 0.1) is 0 Å². The second-order valence-corrected chi connectivity index (χ2v) is 5.38. The van der Waals surface area contributed by atoms with Crippen molar-refractivity contribution in [2.45, 2.75) is 19.4 Å². The lowest BCUT2D eigenvalue weighted by Crippen LogP contribution is -2.21. The molecule has 0 aliphatic rings. The summed E-state index contributed by atoms with van der Waals surface area (Å²) in [5.74, 6) is 0. The third-order valence-electron chi connectivity index (χ3n) is 3.06. The first kappa shape index (κ1) is 13.3. The summed E-state index contributed by atoms with van der Waals surface area (Å²) in [6, 6.07) is 19.4. The molecule has 0 fully saturated rings.